The molecule has 19 heavy (non-hydrogen) atoms. The van der Waals surface area contributed by atoms with Crippen LogP contribution in [0.4, 0.5) is 13.2 Å². The van der Waals surface area contributed by atoms with Crippen LogP contribution in [-0.4, -0.2) is 0 Å². The molecule has 4 heteroatoms. The molecule has 2 aromatic rings. The summed E-state index contributed by atoms with van der Waals surface area (Å²) in [6, 6.07) is 8.22. The lowest BCUT2D eigenvalue weighted by Gasteiger charge is -2.26. The number of benzene rings is 2. The monoisotopic (exact) mass is 265 g/mol. The molecular formula is C15H14F3N. The molecule has 0 aliphatic heterocycles. The van der Waals surface area contributed by atoms with Gasteiger partial charge in [-0.25, -0.2) is 13.2 Å². The summed E-state index contributed by atoms with van der Waals surface area (Å²) in [4.78, 5) is 0. The van der Waals surface area contributed by atoms with E-state index in [0.29, 0.717) is 11.1 Å². The zero-order chi connectivity index (χ0) is 14.2. The summed E-state index contributed by atoms with van der Waals surface area (Å²) in [6.45, 7) is 3.14. The maximum atomic E-state index is 13.8. The number of hydrogen-bond acceptors (Lipinski definition) is 1. The Balaban J connectivity index is 2.58. The average Bonchev–Trinajstić information content (AvgIpc) is 2.35. The third kappa shape index (κ3) is 2.36. The predicted octanol–water partition coefficient (Wildman–Crippen LogP) is 3.63. The Kier molecular flexibility index (Phi) is 3.37. The Morgan fingerprint density at radius 1 is 1.00 bits per heavy atom. The lowest BCUT2D eigenvalue weighted by molar-refractivity contribution is 0.467. The van der Waals surface area contributed by atoms with Crippen molar-refractivity contribution in [3.8, 4) is 0 Å². The van der Waals surface area contributed by atoms with Crippen LogP contribution in [0.15, 0.2) is 36.4 Å². The minimum atomic E-state index is -1.30. The maximum absolute atomic E-state index is 13.8. The van der Waals surface area contributed by atoms with Crippen molar-refractivity contribution < 1.29 is 13.2 Å². The van der Waals surface area contributed by atoms with E-state index in [1.165, 1.54) is 25.1 Å². The molecule has 0 bridgehead atoms. The number of halogens is 3. The fourth-order valence-corrected chi connectivity index (χ4v) is 1.98. The van der Waals surface area contributed by atoms with E-state index < -0.39 is 23.0 Å². The van der Waals surface area contributed by atoms with Gasteiger partial charge >= 0.3 is 0 Å². The lowest BCUT2D eigenvalue weighted by atomic mass is 9.85. The minimum absolute atomic E-state index is 0.00393. The van der Waals surface area contributed by atoms with E-state index >= 15 is 0 Å². The lowest BCUT2D eigenvalue weighted by Crippen LogP contribution is -2.35. The summed E-state index contributed by atoms with van der Waals surface area (Å²) < 4.78 is 40.7. The summed E-state index contributed by atoms with van der Waals surface area (Å²) in [5.41, 5.74) is 5.63. The van der Waals surface area contributed by atoms with E-state index in [9.17, 15) is 13.2 Å². The quantitative estimate of drug-likeness (QED) is 0.881. The summed E-state index contributed by atoms with van der Waals surface area (Å²) in [7, 11) is 0. The summed E-state index contributed by atoms with van der Waals surface area (Å²) >= 11 is 0. The van der Waals surface area contributed by atoms with Gasteiger partial charge in [0.2, 0.25) is 0 Å². The van der Waals surface area contributed by atoms with Crippen LogP contribution >= 0.6 is 0 Å². The maximum Gasteiger partial charge on any atom is 0.164 e. The van der Waals surface area contributed by atoms with E-state index in [-0.39, 0.29) is 5.56 Å². The van der Waals surface area contributed by atoms with Crippen molar-refractivity contribution in [2.45, 2.75) is 19.4 Å². The molecule has 0 fully saturated rings. The highest BCUT2D eigenvalue weighted by atomic mass is 19.2. The largest absolute Gasteiger partial charge is 0.318 e. The van der Waals surface area contributed by atoms with Crippen molar-refractivity contribution in [2.75, 3.05) is 0 Å². The minimum Gasteiger partial charge on any atom is -0.318 e. The molecule has 1 atom stereocenters. The zero-order valence-corrected chi connectivity index (χ0v) is 10.7. The van der Waals surface area contributed by atoms with Gasteiger partial charge < -0.3 is 5.73 Å². The summed E-state index contributed by atoms with van der Waals surface area (Å²) in [5, 5.41) is 0. The Morgan fingerprint density at radius 3 is 2.32 bits per heavy atom. The Bertz CT molecular complexity index is 621. The molecule has 0 saturated heterocycles. The topological polar surface area (TPSA) is 26.0 Å². The highest BCUT2D eigenvalue weighted by molar-refractivity contribution is 5.39. The molecule has 1 unspecified atom stereocenters. The third-order valence-electron chi connectivity index (χ3n) is 3.28. The molecule has 0 radical (unpaired) electrons. The van der Waals surface area contributed by atoms with E-state index in [1.807, 2.05) is 0 Å². The molecule has 0 heterocycles. The second kappa shape index (κ2) is 4.70. The van der Waals surface area contributed by atoms with Gasteiger partial charge in [0.25, 0.3) is 0 Å². The SMILES string of the molecule is Cc1ccc(C(C)(N)c2cccc(F)c2F)cc1F. The molecule has 0 aromatic heterocycles. The van der Waals surface area contributed by atoms with Crippen LogP contribution in [0.25, 0.3) is 0 Å². The average molecular weight is 265 g/mol. The van der Waals surface area contributed by atoms with Crippen LogP contribution in [-0.2, 0) is 5.54 Å². The van der Waals surface area contributed by atoms with Gasteiger partial charge in [-0.1, -0.05) is 24.3 Å². The molecule has 2 rings (SSSR count). The molecule has 0 spiro atoms. The third-order valence-corrected chi connectivity index (χ3v) is 3.28. The van der Waals surface area contributed by atoms with E-state index in [0.717, 1.165) is 6.07 Å². The van der Waals surface area contributed by atoms with Gasteiger partial charge in [0.05, 0.1) is 5.54 Å². The van der Waals surface area contributed by atoms with Crippen molar-refractivity contribution in [3.05, 3.63) is 70.5 Å². The number of hydrogen-bond donors (Lipinski definition) is 1. The molecule has 1 nitrogen and oxygen atoms in total. The second-order valence-electron chi connectivity index (χ2n) is 4.77. The predicted molar refractivity (Wildman–Crippen MR) is 68.1 cm³/mol. The van der Waals surface area contributed by atoms with Gasteiger partial charge in [-0.2, -0.15) is 0 Å². The van der Waals surface area contributed by atoms with Gasteiger partial charge in [0, 0.05) is 5.56 Å². The van der Waals surface area contributed by atoms with E-state index in [2.05, 4.69) is 0 Å². The van der Waals surface area contributed by atoms with Crippen molar-refractivity contribution in [1.29, 1.82) is 0 Å². The van der Waals surface area contributed by atoms with Crippen LogP contribution in [0.3, 0.4) is 0 Å². The number of nitrogens with two attached hydrogens (primary N) is 1. The summed E-state index contributed by atoms with van der Waals surface area (Å²) in [6.07, 6.45) is 0. The van der Waals surface area contributed by atoms with Crippen LogP contribution < -0.4 is 5.73 Å². The normalized spacial score (nSPS) is 14.2. The van der Waals surface area contributed by atoms with Gasteiger partial charge in [0.1, 0.15) is 5.82 Å². The molecule has 100 valence electrons. The van der Waals surface area contributed by atoms with Crippen molar-refractivity contribution >= 4 is 0 Å². The van der Waals surface area contributed by atoms with E-state index in [1.54, 1.807) is 19.1 Å². The number of rotatable bonds is 2. The number of aryl methyl sites for hydroxylation is 1. The Morgan fingerprint density at radius 2 is 1.68 bits per heavy atom. The van der Waals surface area contributed by atoms with Crippen molar-refractivity contribution in [1.82, 2.24) is 0 Å². The van der Waals surface area contributed by atoms with Crippen LogP contribution in [0.1, 0.15) is 23.6 Å². The van der Waals surface area contributed by atoms with Crippen LogP contribution in [0.5, 0.6) is 0 Å². The first-order valence-corrected chi connectivity index (χ1v) is 5.84. The van der Waals surface area contributed by atoms with Gasteiger partial charge in [-0.15, -0.1) is 0 Å². The Hall–Kier alpha value is -1.81. The molecule has 0 aliphatic rings. The van der Waals surface area contributed by atoms with Crippen molar-refractivity contribution in [2.24, 2.45) is 5.73 Å². The van der Waals surface area contributed by atoms with Gasteiger partial charge in [-0.05, 0) is 37.1 Å². The highest BCUT2D eigenvalue weighted by Gasteiger charge is 2.28. The molecule has 0 saturated carbocycles. The van der Waals surface area contributed by atoms with E-state index in [4.69, 9.17) is 5.73 Å². The van der Waals surface area contributed by atoms with Gasteiger partial charge in [0.15, 0.2) is 11.6 Å². The molecule has 0 aliphatic carbocycles. The Labute approximate surface area is 109 Å². The van der Waals surface area contributed by atoms with Crippen LogP contribution in [0, 0.1) is 24.4 Å². The zero-order valence-electron chi connectivity index (χ0n) is 10.7. The smallest absolute Gasteiger partial charge is 0.164 e. The summed E-state index contributed by atoms with van der Waals surface area (Å²) in [5.74, 6) is -2.40. The molecule has 0 amide bonds. The fraction of sp³-hybridized carbons (Fsp3) is 0.200. The highest BCUT2D eigenvalue weighted by Crippen LogP contribution is 2.30. The molecule has 2 aromatic carbocycles. The second-order valence-corrected chi connectivity index (χ2v) is 4.77. The van der Waals surface area contributed by atoms with Crippen LogP contribution in [0.2, 0.25) is 0 Å². The first-order valence-electron chi connectivity index (χ1n) is 5.84. The molecular weight excluding hydrogens is 251 g/mol. The standard InChI is InChI=1S/C15H14F3N/c1-9-6-7-10(8-13(9)17)15(2,19)11-4-3-5-12(16)14(11)18/h3-8H,19H2,1-2H3. The first-order chi connectivity index (χ1) is 8.84. The van der Waals surface area contributed by atoms with Gasteiger partial charge in [-0.3, -0.25) is 0 Å². The van der Waals surface area contributed by atoms with Crippen molar-refractivity contribution in [3.63, 3.8) is 0 Å². The first kappa shape index (κ1) is 13.6. The fourth-order valence-electron chi connectivity index (χ4n) is 1.98. The molecule has 2 N–H and O–H groups in total.